The number of hydrogen-bond acceptors (Lipinski definition) is 4. The summed E-state index contributed by atoms with van der Waals surface area (Å²) in [6, 6.07) is 17.9. The molecule has 3 aromatic rings. The van der Waals surface area contributed by atoms with Crippen molar-refractivity contribution in [2.45, 2.75) is 39.8 Å². The lowest BCUT2D eigenvalue weighted by Crippen LogP contribution is -2.30. The van der Waals surface area contributed by atoms with E-state index in [0.29, 0.717) is 38.3 Å². The molecule has 0 aliphatic carbocycles. The van der Waals surface area contributed by atoms with Crippen LogP contribution in [0.5, 0.6) is 0 Å². The van der Waals surface area contributed by atoms with E-state index in [9.17, 15) is 4.79 Å². The Morgan fingerprint density at radius 3 is 2.56 bits per heavy atom. The van der Waals surface area contributed by atoms with Gasteiger partial charge in [0.1, 0.15) is 0 Å². The minimum absolute atomic E-state index is 0.157. The Kier molecular flexibility index (Phi) is 6.30. The summed E-state index contributed by atoms with van der Waals surface area (Å²) in [5, 5.41) is 12.6. The molecule has 27 heavy (non-hydrogen) atoms. The molecule has 6 heteroatoms. The van der Waals surface area contributed by atoms with E-state index in [1.54, 1.807) is 4.80 Å². The highest BCUT2D eigenvalue weighted by atomic mass is 16.2. The zero-order valence-corrected chi connectivity index (χ0v) is 15.9. The monoisotopic (exact) mass is 363 g/mol. The second kappa shape index (κ2) is 9.07. The number of nitrogens with zero attached hydrogens (tertiary/aromatic N) is 5. The minimum Gasteiger partial charge on any atom is -0.339 e. The molecule has 0 radical (unpaired) electrons. The SMILES string of the molecule is CCN(Cc1ccccc1C)C(=O)CCCn1nnc(-c2ccccc2)n1. The number of carbonyl (C=O) groups excluding carboxylic acids is 1. The second-order valence-corrected chi connectivity index (χ2v) is 6.51. The largest absolute Gasteiger partial charge is 0.339 e. The van der Waals surface area contributed by atoms with Crippen molar-refractivity contribution in [3.63, 3.8) is 0 Å². The van der Waals surface area contributed by atoms with E-state index in [1.165, 1.54) is 11.1 Å². The molecule has 1 aromatic heterocycles. The van der Waals surface area contributed by atoms with E-state index >= 15 is 0 Å². The molecular formula is C21H25N5O. The summed E-state index contributed by atoms with van der Waals surface area (Å²) >= 11 is 0. The maximum Gasteiger partial charge on any atom is 0.222 e. The fourth-order valence-corrected chi connectivity index (χ4v) is 2.94. The number of benzene rings is 2. The van der Waals surface area contributed by atoms with Gasteiger partial charge in [0.15, 0.2) is 0 Å². The Bertz CT molecular complexity index is 875. The summed E-state index contributed by atoms with van der Waals surface area (Å²) < 4.78 is 0. The molecule has 0 aliphatic heterocycles. The van der Waals surface area contributed by atoms with Crippen molar-refractivity contribution < 1.29 is 4.79 Å². The van der Waals surface area contributed by atoms with Crippen LogP contribution in [0.2, 0.25) is 0 Å². The fraction of sp³-hybridized carbons (Fsp3) is 0.333. The van der Waals surface area contributed by atoms with E-state index in [2.05, 4.69) is 34.5 Å². The number of aryl methyl sites for hydroxylation is 2. The number of aromatic nitrogens is 4. The Balaban J connectivity index is 1.51. The number of carbonyl (C=O) groups is 1. The highest BCUT2D eigenvalue weighted by Crippen LogP contribution is 2.13. The van der Waals surface area contributed by atoms with Crippen LogP contribution in [0, 0.1) is 6.92 Å². The lowest BCUT2D eigenvalue weighted by molar-refractivity contribution is -0.131. The second-order valence-electron chi connectivity index (χ2n) is 6.51. The van der Waals surface area contributed by atoms with E-state index < -0.39 is 0 Å². The zero-order valence-electron chi connectivity index (χ0n) is 15.9. The number of amides is 1. The van der Waals surface area contributed by atoms with Crippen molar-refractivity contribution >= 4 is 5.91 Å². The van der Waals surface area contributed by atoms with Gasteiger partial charge in [0, 0.05) is 25.1 Å². The lowest BCUT2D eigenvalue weighted by Gasteiger charge is -2.22. The standard InChI is InChI=1S/C21H25N5O/c1-3-25(16-19-13-8-7-10-17(19)2)20(27)14-9-15-26-23-21(22-24-26)18-11-5-4-6-12-18/h4-8,10-13H,3,9,14-16H2,1-2H3. The summed E-state index contributed by atoms with van der Waals surface area (Å²) in [5.41, 5.74) is 3.34. The molecule has 0 atom stereocenters. The van der Waals surface area contributed by atoms with Crippen LogP contribution in [0.1, 0.15) is 30.9 Å². The van der Waals surface area contributed by atoms with E-state index in [-0.39, 0.29) is 5.91 Å². The lowest BCUT2D eigenvalue weighted by atomic mass is 10.1. The quantitative estimate of drug-likeness (QED) is 0.615. The van der Waals surface area contributed by atoms with E-state index in [4.69, 9.17) is 0 Å². The molecule has 3 rings (SSSR count). The van der Waals surface area contributed by atoms with Gasteiger partial charge in [-0.05, 0) is 36.6 Å². The van der Waals surface area contributed by atoms with Crippen LogP contribution in [0.25, 0.3) is 11.4 Å². The molecule has 0 aliphatic rings. The van der Waals surface area contributed by atoms with Gasteiger partial charge in [-0.15, -0.1) is 10.2 Å². The average Bonchev–Trinajstić information content (AvgIpc) is 3.17. The van der Waals surface area contributed by atoms with Gasteiger partial charge in [-0.2, -0.15) is 4.80 Å². The molecule has 0 spiro atoms. The van der Waals surface area contributed by atoms with Crippen LogP contribution in [0.3, 0.4) is 0 Å². The van der Waals surface area contributed by atoms with Gasteiger partial charge in [0.05, 0.1) is 6.54 Å². The van der Waals surface area contributed by atoms with Gasteiger partial charge < -0.3 is 4.90 Å². The predicted octanol–water partition coefficient (Wildman–Crippen LogP) is 3.48. The third-order valence-electron chi connectivity index (χ3n) is 4.59. The molecule has 0 N–H and O–H groups in total. The fourth-order valence-electron chi connectivity index (χ4n) is 2.94. The van der Waals surface area contributed by atoms with Crippen molar-refractivity contribution in [1.82, 2.24) is 25.1 Å². The molecule has 0 saturated heterocycles. The van der Waals surface area contributed by atoms with Gasteiger partial charge in [-0.25, -0.2) is 0 Å². The Labute approximate surface area is 159 Å². The summed E-state index contributed by atoms with van der Waals surface area (Å²) in [6.45, 7) is 6.03. The van der Waals surface area contributed by atoms with Gasteiger partial charge in [-0.3, -0.25) is 4.79 Å². The number of hydrogen-bond donors (Lipinski definition) is 0. The predicted molar refractivity (Wildman–Crippen MR) is 105 cm³/mol. The van der Waals surface area contributed by atoms with E-state index in [0.717, 1.165) is 5.56 Å². The van der Waals surface area contributed by atoms with Crippen molar-refractivity contribution in [3.8, 4) is 11.4 Å². The maximum absolute atomic E-state index is 12.6. The third-order valence-corrected chi connectivity index (χ3v) is 4.59. The molecule has 1 heterocycles. The van der Waals surface area contributed by atoms with Crippen molar-refractivity contribution in [3.05, 3.63) is 65.7 Å². The van der Waals surface area contributed by atoms with Crippen LogP contribution in [-0.4, -0.2) is 37.6 Å². The van der Waals surface area contributed by atoms with E-state index in [1.807, 2.05) is 54.3 Å². The zero-order chi connectivity index (χ0) is 19.1. The summed E-state index contributed by atoms with van der Waals surface area (Å²) in [5.74, 6) is 0.765. The minimum atomic E-state index is 0.157. The summed E-state index contributed by atoms with van der Waals surface area (Å²) in [6.07, 6.45) is 1.16. The molecule has 140 valence electrons. The third kappa shape index (κ3) is 5.00. The van der Waals surface area contributed by atoms with Crippen molar-refractivity contribution in [2.24, 2.45) is 0 Å². The Morgan fingerprint density at radius 1 is 1.07 bits per heavy atom. The Morgan fingerprint density at radius 2 is 1.81 bits per heavy atom. The first-order chi connectivity index (χ1) is 13.2. The molecule has 6 nitrogen and oxygen atoms in total. The molecule has 1 amide bonds. The molecule has 0 unspecified atom stereocenters. The molecule has 0 bridgehead atoms. The van der Waals surface area contributed by atoms with Crippen molar-refractivity contribution in [2.75, 3.05) is 6.54 Å². The normalized spacial score (nSPS) is 10.7. The van der Waals surface area contributed by atoms with Crippen LogP contribution < -0.4 is 0 Å². The summed E-state index contributed by atoms with van der Waals surface area (Å²) in [4.78, 5) is 16.0. The summed E-state index contributed by atoms with van der Waals surface area (Å²) in [7, 11) is 0. The van der Waals surface area contributed by atoms with Crippen LogP contribution in [-0.2, 0) is 17.9 Å². The molecule has 0 saturated carbocycles. The maximum atomic E-state index is 12.6. The highest BCUT2D eigenvalue weighted by Gasteiger charge is 2.13. The molecule has 0 fully saturated rings. The van der Waals surface area contributed by atoms with Crippen LogP contribution >= 0.6 is 0 Å². The van der Waals surface area contributed by atoms with Crippen LogP contribution in [0.4, 0.5) is 0 Å². The van der Waals surface area contributed by atoms with Gasteiger partial charge in [-0.1, -0.05) is 54.6 Å². The average molecular weight is 363 g/mol. The van der Waals surface area contributed by atoms with Gasteiger partial charge in [0.25, 0.3) is 0 Å². The number of rotatable bonds is 8. The van der Waals surface area contributed by atoms with Gasteiger partial charge in [0.2, 0.25) is 11.7 Å². The number of tetrazole rings is 1. The molecular weight excluding hydrogens is 338 g/mol. The first-order valence-corrected chi connectivity index (χ1v) is 9.33. The first kappa shape index (κ1) is 18.8. The topological polar surface area (TPSA) is 63.9 Å². The first-order valence-electron chi connectivity index (χ1n) is 9.33. The van der Waals surface area contributed by atoms with Crippen molar-refractivity contribution in [1.29, 1.82) is 0 Å². The van der Waals surface area contributed by atoms with Gasteiger partial charge >= 0.3 is 0 Å². The molecule has 2 aromatic carbocycles. The van der Waals surface area contributed by atoms with Crippen LogP contribution in [0.15, 0.2) is 54.6 Å². The smallest absolute Gasteiger partial charge is 0.222 e. The highest BCUT2D eigenvalue weighted by molar-refractivity contribution is 5.76. The Hall–Kier alpha value is -3.02.